The summed E-state index contributed by atoms with van der Waals surface area (Å²) in [5.41, 5.74) is 10.9. The molecule has 0 atom stereocenters. The summed E-state index contributed by atoms with van der Waals surface area (Å²) in [5.74, 6) is 1.42. The Balaban J connectivity index is 2.31. The molecule has 0 aliphatic carbocycles. The molecule has 1 heterocycles. The van der Waals surface area contributed by atoms with Crippen molar-refractivity contribution in [3.63, 3.8) is 0 Å². The predicted octanol–water partition coefficient (Wildman–Crippen LogP) is 6.27. The number of ether oxygens (including phenoxy) is 2. The molecule has 0 saturated heterocycles. The van der Waals surface area contributed by atoms with Gasteiger partial charge in [-0.1, -0.05) is 49.6 Å². The summed E-state index contributed by atoms with van der Waals surface area (Å²) in [6, 6.07) is 15.4. The number of pyridine rings is 1. The minimum atomic E-state index is 0.205. The van der Waals surface area contributed by atoms with E-state index < -0.39 is 0 Å². The molecule has 0 aliphatic rings. The van der Waals surface area contributed by atoms with Crippen LogP contribution in [0.25, 0.3) is 22.4 Å². The molecular weight excluding hydrogens is 410 g/mol. The van der Waals surface area contributed by atoms with E-state index in [1.54, 1.807) is 14.2 Å². The number of unbranched alkanes of at least 4 members (excludes halogenated alkanes) is 2. The van der Waals surface area contributed by atoms with Crippen LogP contribution in [0.4, 0.5) is 5.82 Å². The second kappa shape index (κ2) is 10.2. The third-order valence-electron chi connectivity index (χ3n) is 5.26. The largest absolute Gasteiger partial charge is 0.493 e. The van der Waals surface area contributed by atoms with Gasteiger partial charge in [0.2, 0.25) is 0 Å². The molecule has 0 saturated carbocycles. The topological polar surface area (TPSA) is 81.2 Å². The average molecular weight is 436 g/mol. The molecule has 0 radical (unpaired) electrons. The van der Waals surface area contributed by atoms with Gasteiger partial charge in [-0.2, -0.15) is 5.26 Å². The van der Waals surface area contributed by atoms with Gasteiger partial charge in [0.1, 0.15) is 17.5 Å². The van der Waals surface area contributed by atoms with Gasteiger partial charge in [-0.15, -0.1) is 0 Å². The highest BCUT2D eigenvalue weighted by Gasteiger charge is 2.22. The van der Waals surface area contributed by atoms with Gasteiger partial charge in [0, 0.05) is 16.1 Å². The number of hydrogen-bond acceptors (Lipinski definition) is 5. The normalized spacial score (nSPS) is 10.5. The maximum atomic E-state index is 9.94. The molecule has 0 fully saturated rings. The van der Waals surface area contributed by atoms with Gasteiger partial charge in [0.25, 0.3) is 0 Å². The molecule has 0 bridgehead atoms. The monoisotopic (exact) mass is 435 g/mol. The first-order valence-electron chi connectivity index (χ1n) is 10.2. The van der Waals surface area contributed by atoms with Gasteiger partial charge >= 0.3 is 0 Å². The van der Waals surface area contributed by atoms with E-state index >= 15 is 0 Å². The molecule has 3 rings (SSSR count). The lowest BCUT2D eigenvalue weighted by atomic mass is 9.89. The summed E-state index contributed by atoms with van der Waals surface area (Å²) >= 11 is 6.10. The van der Waals surface area contributed by atoms with Crippen molar-refractivity contribution in [3.05, 3.63) is 58.6 Å². The smallest absolute Gasteiger partial charge is 0.161 e. The Morgan fingerprint density at radius 2 is 1.68 bits per heavy atom. The fourth-order valence-electron chi connectivity index (χ4n) is 3.71. The quantitative estimate of drug-likeness (QED) is 0.421. The molecule has 0 aliphatic heterocycles. The minimum Gasteiger partial charge on any atom is -0.493 e. The first-order chi connectivity index (χ1) is 15.0. The van der Waals surface area contributed by atoms with Crippen molar-refractivity contribution in [1.29, 1.82) is 5.26 Å². The molecule has 0 unspecified atom stereocenters. The molecule has 0 amide bonds. The summed E-state index contributed by atoms with van der Waals surface area (Å²) < 4.78 is 10.9. The second-order valence-corrected chi connectivity index (χ2v) is 7.66. The third kappa shape index (κ3) is 4.76. The molecule has 31 heavy (non-hydrogen) atoms. The van der Waals surface area contributed by atoms with Crippen LogP contribution in [0.2, 0.25) is 5.02 Å². The van der Waals surface area contributed by atoms with E-state index in [2.05, 4.69) is 18.0 Å². The number of nitrogens with two attached hydrogens (primary N) is 1. The van der Waals surface area contributed by atoms with Crippen LogP contribution >= 0.6 is 11.6 Å². The van der Waals surface area contributed by atoms with Crippen molar-refractivity contribution < 1.29 is 9.47 Å². The van der Waals surface area contributed by atoms with Crippen molar-refractivity contribution in [1.82, 2.24) is 4.98 Å². The summed E-state index contributed by atoms with van der Waals surface area (Å²) in [6.07, 6.45) is 3.93. The first-order valence-corrected chi connectivity index (χ1v) is 10.6. The summed E-state index contributed by atoms with van der Waals surface area (Å²) in [6.45, 7) is 2.16. The zero-order chi connectivity index (χ0) is 22.4. The average Bonchev–Trinajstić information content (AvgIpc) is 2.79. The van der Waals surface area contributed by atoms with Gasteiger partial charge in [-0.3, -0.25) is 0 Å². The standard InChI is InChI=1S/C25H26ClN3O2/c1-4-5-6-7-19-23(17-10-13-21(30-2)22(14-17)31-3)20(15-27)25(28)29-24(19)16-8-11-18(26)12-9-16/h8-14H,4-7H2,1-3H3,(H2,28,29). The van der Waals surface area contributed by atoms with Crippen LogP contribution in [0, 0.1) is 11.3 Å². The Morgan fingerprint density at radius 3 is 2.29 bits per heavy atom. The van der Waals surface area contributed by atoms with Crippen molar-refractivity contribution >= 4 is 17.4 Å². The summed E-state index contributed by atoms with van der Waals surface area (Å²) in [5, 5.41) is 10.6. The number of nitrogen functional groups attached to an aromatic ring is 1. The van der Waals surface area contributed by atoms with Gasteiger partial charge in [0.15, 0.2) is 11.5 Å². The molecule has 2 N–H and O–H groups in total. The van der Waals surface area contributed by atoms with E-state index in [0.29, 0.717) is 22.1 Å². The zero-order valence-electron chi connectivity index (χ0n) is 18.0. The van der Waals surface area contributed by atoms with Gasteiger partial charge in [-0.05, 0) is 48.2 Å². The highest BCUT2D eigenvalue weighted by atomic mass is 35.5. The number of halogens is 1. The Hall–Kier alpha value is -3.23. The molecule has 1 aromatic heterocycles. The summed E-state index contributed by atoms with van der Waals surface area (Å²) in [4.78, 5) is 4.64. The van der Waals surface area contributed by atoms with Gasteiger partial charge in [0.05, 0.1) is 19.9 Å². The van der Waals surface area contributed by atoms with E-state index in [9.17, 15) is 5.26 Å². The molecule has 0 spiro atoms. The number of anilines is 1. The number of rotatable bonds is 8. The Bertz CT molecular complexity index is 1110. The lowest BCUT2D eigenvalue weighted by molar-refractivity contribution is 0.355. The third-order valence-corrected chi connectivity index (χ3v) is 5.51. The second-order valence-electron chi connectivity index (χ2n) is 7.22. The van der Waals surface area contributed by atoms with Gasteiger partial charge < -0.3 is 15.2 Å². The zero-order valence-corrected chi connectivity index (χ0v) is 18.8. The van der Waals surface area contributed by atoms with Crippen molar-refractivity contribution in [2.24, 2.45) is 0 Å². The van der Waals surface area contributed by atoms with E-state index in [4.69, 9.17) is 26.8 Å². The first kappa shape index (κ1) is 22.5. The highest BCUT2D eigenvalue weighted by Crippen LogP contribution is 2.40. The van der Waals surface area contributed by atoms with E-state index in [0.717, 1.165) is 53.6 Å². The molecular formula is C25H26ClN3O2. The van der Waals surface area contributed by atoms with Crippen LogP contribution in [0.15, 0.2) is 42.5 Å². The van der Waals surface area contributed by atoms with E-state index in [1.165, 1.54) is 0 Å². The van der Waals surface area contributed by atoms with E-state index in [1.807, 2.05) is 42.5 Å². The minimum absolute atomic E-state index is 0.205. The van der Waals surface area contributed by atoms with Crippen LogP contribution in [-0.2, 0) is 6.42 Å². The van der Waals surface area contributed by atoms with Crippen molar-refractivity contribution in [2.75, 3.05) is 20.0 Å². The van der Waals surface area contributed by atoms with Crippen LogP contribution < -0.4 is 15.2 Å². The summed E-state index contributed by atoms with van der Waals surface area (Å²) in [7, 11) is 3.19. The fraction of sp³-hybridized carbons (Fsp3) is 0.280. The maximum Gasteiger partial charge on any atom is 0.161 e. The molecule has 5 nitrogen and oxygen atoms in total. The molecule has 3 aromatic rings. The van der Waals surface area contributed by atoms with Crippen molar-refractivity contribution in [3.8, 4) is 40.0 Å². The van der Waals surface area contributed by atoms with Gasteiger partial charge in [-0.25, -0.2) is 4.98 Å². The Morgan fingerprint density at radius 1 is 1.00 bits per heavy atom. The van der Waals surface area contributed by atoms with Crippen LogP contribution in [-0.4, -0.2) is 19.2 Å². The van der Waals surface area contributed by atoms with Crippen molar-refractivity contribution in [2.45, 2.75) is 32.6 Å². The molecule has 6 heteroatoms. The number of aromatic nitrogens is 1. The Labute approximate surface area is 188 Å². The number of methoxy groups -OCH3 is 2. The SMILES string of the molecule is CCCCCc1c(-c2ccc(Cl)cc2)nc(N)c(C#N)c1-c1ccc(OC)c(OC)c1. The molecule has 2 aromatic carbocycles. The number of hydrogen-bond donors (Lipinski definition) is 1. The lowest BCUT2D eigenvalue weighted by Crippen LogP contribution is -2.06. The fourth-order valence-corrected chi connectivity index (χ4v) is 3.83. The van der Waals surface area contributed by atoms with Crippen LogP contribution in [0.5, 0.6) is 11.5 Å². The number of benzene rings is 2. The number of nitrogens with zero attached hydrogens (tertiary/aromatic N) is 2. The number of nitriles is 1. The molecule has 160 valence electrons. The maximum absolute atomic E-state index is 9.94. The van der Waals surface area contributed by atoms with Crippen LogP contribution in [0.3, 0.4) is 0 Å². The lowest BCUT2D eigenvalue weighted by Gasteiger charge is -2.19. The van der Waals surface area contributed by atoms with Crippen LogP contribution in [0.1, 0.15) is 37.3 Å². The van der Waals surface area contributed by atoms with E-state index in [-0.39, 0.29) is 5.82 Å². The highest BCUT2D eigenvalue weighted by molar-refractivity contribution is 6.30. The Kier molecular flexibility index (Phi) is 7.38. The predicted molar refractivity (Wildman–Crippen MR) is 126 cm³/mol.